The van der Waals surface area contributed by atoms with Crippen LogP contribution in [0.2, 0.25) is 0 Å². The van der Waals surface area contributed by atoms with Gasteiger partial charge in [-0.3, -0.25) is 0 Å². The van der Waals surface area contributed by atoms with E-state index in [9.17, 15) is 4.79 Å². The molecular formula is C17H20BrNO3. The Morgan fingerprint density at radius 2 is 1.95 bits per heavy atom. The van der Waals surface area contributed by atoms with Gasteiger partial charge in [0.05, 0.1) is 6.61 Å². The maximum Gasteiger partial charge on any atom is 0.341 e. The molecule has 2 aromatic rings. The van der Waals surface area contributed by atoms with Gasteiger partial charge in [-0.1, -0.05) is 22.0 Å². The fourth-order valence-corrected chi connectivity index (χ4v) is 2.45. The van der Waals surface area contributed by atoms with Crippen LogP contribution in [0, 0.1) is 0 Å². The van der Waals surface area contributed by atoms with E-state index in [1.54, 1.807) is 6.92 Å². The van der Waals surface area contributed by atoms with Crippen LogP contribution in [-0.4, -0.2) is 44.7 Å². The third-order valence-corrected chi connectivity index (χ3v) is 3.69. The SMILES string of the molecule is CCOC(=O)c1cc2cc(Br)ccc2cc1OCCN(C)C. The van der Waals surface area contributed by atoms with Crippen molar-refractivity contribution in [2.45, 2.75) is 6.92 Å². The Morgan fingerprint density at radius 1 is 1.18 bits per heavy atom. The zero-order valence-electron chi connectivity index (χ0n) is 13.1. The van der Waals surface area contributed by atoms with Crippen LogP contribution in [0.25, 0.3) is 10.8 Å². The normalized spacial score (nSPS) is 11.0. The first-order valence-electron chi connectivity index (χ1n) is 7.19. The van der Waals surface area contributed by atoms with Gasteiger partial charge in [0.2, 0.25) is 0 Å². The zero-order valence-corrected chi connectivity index (χ0v) is 14.6. The Labute approximate surface area is 139 Å². The molecule has 4 nitrogen and oxygen atoms in total. The highest BCUT2D eigenvalue weighted by Gasteiger charge is 2.15. The van der Waals surface area contributed by atoms with Crippen molar-refractivity contribution < 1.29 is 14.3 Å². The standard InChI is InChI=1S/C17H20BrNO3/c1-4-21-17(20)15-10-13-9-14(18)6-5-12(13)11-16(15)22-8-7-19(2)3/h5-6,9-11H,4,7-8H2,1-3H3. The van der Waals surface area contributed by atoms with Gasteiger partial charge >= 0.3 is 5.97 Å². The molecule has 0 aromatic heterocycles. The highest BCUT2D eigenvalue weighted by Crippen LogP contribution is 2.29. The molecule has 2 rings (SSSR count). The second-order valence-corrected chi connectivity index (χ2v) is 6.13. The highest BCUT2D eigenvalue weighted by atomic mass is 79.9. The lowest BCUT2D eigenvalue weighted by atomic mass is 10.1. The molecule has 118 valence electrons. The van der Waals surface area contributed by atoms with Gasteiger partial charge in [0.25, 0.3) is 0 Å². The van der Waals surface area contributed by atoms with Crippen LogP contribution in [0.5, 0.6) is 5.75 Å². The predicted molar refractivity (Wildman–Crippen MR) is 91.7 cm³/mol. The van der Waals surface area contributed by atoms with Crippen LogP contribution in [0.3, 0.4) is 0 Å². The summed E-state index contributed by atoms with van der Waals surface area (Å²) < 4.78 is 11.9. The van der Waals surface area contributed by atoms with Crippen LogP contribution >= 0.6 is 15.9 Å². The molecule has 0 radical (unpaired) electrons. The minimum atomic E-state index is -0.357. The summed E-state index contributed by atoms with van der Waals surface area (Å²) in [6.07, 6.45) is 0. The van der Waals surface area contributed by atoms with Crippen molar-refractivity contribution in [3.8, 4) is 5.75 Å². The molecule has 0 spiro atoms. The first kappa shape index (κ1) is 16.8. The molecular weight excluding hydrogens is 346 g/mol. The zero-order chi connectivity index (χ0) is 16.1. The molecule has 0 fully saturated rings. The number of hydrogen-bond acceptors (Lipinski definition) is 4. The lowest BCUT2D eigenvalue weighted by Gasteiger charge is -2.14. The van der Waals surface area contributed by atoms with E-state index in [-0.39, 0.29) is 5.97 Å². The molecule has 0 atom stereocenters. The van der Waals surface area contributed by atoms with Crippen molar-refractivity contribution in [1.82, 2.24) is 4.90 Å². The average molecular weight is 366 g/mol. The smallest absolute Gasteiger partial charge is 0.341 e. The molecule has 0 bridgehead atoms. The highest BCUT2D eigenvalue weighted by molar-refractivity contribution is 9.10. The van der Waals surface area contributed by atoms with Crippen molar-refractivity contribution in [2.75, 3.05) is 33.9 Å². The number of carbonyl (C=O) groups excluding carboxylic acids is 1. The number of likely N-dealkylation sites (N-methyl/N-ethyl adjacent to an activating group) is 1. The number of nitrogens with zero attached hydrogens (tertiary/aromatic N) is 1. The van der Waals surface area contributed by atoms with Gasteiger partial charge < -0.3 is 14.4 Å². The summed E-state index contributed by atoms with van der Waals surface area (Å²) in [5.74, 6) is 0.208. The predicted octanol–water partition coefficient (Wildman–Crippen LogP) is 3.72. The first-order valence-corrected chi connectivity index (χ1v) is 7.98. The maximum absolute atomic E-state index is 12.2. The molecule has 0 aliphatic heterocycles. The molecule has 22 heavy (non-hydrogen) atoms. The summed E-state index contributed by atoms with van der Waals surface area (Å²) >= 11 is 3.45. The van der Waals surface area contributed by atoms with Gasteiger partial charge in [-0.15, -0.1) is 0 Å². The molecule has 0 heterocycles. The van der Waals surface area contributed by atoms with Crippen LogP contribution in [0.15, 0.2) is 34.8 Å². The molecule has 2 aromatic carbocycles. The molecule has 0 saturated carbocycles. The Hall–Kier alpha value is -1.59. The Kier molecular flexibility index (Phi) is 5.80. The van der Waals surface area contributed by atoms with E-state index in [1.165, 1.54) is 0 Å². The maximum atomic E-state index is 12.2. The van der Waals surface area contributed by atoms with Gasteiger partial charge in [0, 0.05) is 11.0 Å². The number of carbonyl (C=O) groups is 1. The molecule has 0 amide bonds. The number of rotatable bonds is 6. The van der Waals surface area contributed by atoms with E-state index in [0.29, 0.717) is 24.5 Å². The van der Waals surface area contributed by atoms with Crippen LogP contribution < -0.4 is 4.74 Å². The quantitative estimate of drug-likeness (QED) is 0.731. The lowest BCUT2D eigenvalue weighted by Crippen LogP contribution is -2.20. The monoisotopic (exact) mass is 365 g/mol. The molecule has 5 heteroatoms. The summed E-state index contributed by atoms with van der Waals surface area (Å²) in [6, 6.07) is 9.65. The summed E-state index contributed by atoms with van der Waals surface area (Å²) in [4.78, 5) is 14.2. The summed E-state index contributed by atoms with van der Waals surface area (Å²) in [5.41, 5.74) is 0.464. The molecule has 0 aliphatic rings. The minimum absolute atomic E-state index is 0.340. The first-order chi connectivity index (χ1) is 10.5. The summed E-state index contributed by atoms with van der Waals surface area (Å²) in [5, 5.41) is 1.99. The van der Waals surface area contributed by atoms with Crippen molar-refractivity contribution in [3.63, 3.8) is 0 Å². The number of hydrogen-bond donors (Lipinski definition) is 0. The van der Waals surface area contributed by atoms with Gasteiger partial charge in [-0.25, -0.2) is 4.79 Å². The fraction of sp³-hybridized carbons (Fsp3) is 0.353. The van der Waals surface area contributed by atoms with E-state index < -0.39 is 0 Å². The second kappa shape index (κ2) is 7.61. The van der Waals surface area contributed by atoms with E-state index in [1.807, 2.05) is 49.3 Å². The Balaban J connectivity index is 2.38. The van der Waals surface area contributed by atoms with Gasteiger partial charge in [-0.05, 0) is 56.1 Å². The number of esters is 1. The van der Waals surface area contributed by atoms with Gasteiger partial charge in [-0.2, -0.15) is 0 Å². The van der Waals surface area contributed by atoms with E-state index in [4.69, 9.17) is 9.47 Å². The van der Waals surface area contributed by atoms with Crippen LogP contribution in [0.4, 0.5) is 0 Å². The molecule has 0 unspecified atom stereocenters. The van der Waals surface area contributed by atoms with Crippen LogP contribution in [0.1, 0.15) is 17.3 Å². The Morgan fingerprint density at radius 3 is 2.64 bits per heavy atom. The summed E-state index contributed by atoms with van der Waals surface area (Å²) in [7, 11) is 3.96. The molecule has 0 N–H and O–H groups in total. The van der Waals surface area contributed by atoms with Crippen molar-refractivity contribution in [3.05, 3.63) is 40.4 Å². The fourth-order valence-electron chi connectivity index (χ4n) is 2.07. The van der Waals surface area contributed by atoms with Crippen molar-refractivity contribution in [1.29, 1.82) is 0 Å². The average Bonchev–Trinajstić information content (AvgIpc) is 2.46. The molecule has 0 saturated heterocycles. The Bertz CT molecular complexity index is 670. The third kappa shape index (κ3) is 4.21. The van der Waals surface area contributed by atoms with Gasteiger partial charge in [0.15, 0.2) is 0 Å². The van der Waals surface area contributed by atoms with Crippen molar-refractivity contribution in [2.24, 2.45) is 0 Å². The molecule has 0 aliphatic carbocycles. The number of fused-ring (bicyclic) bond motifs is 1. The minimum Gasteiger partial charge on any atom is -0.491 e. The van der Waals surface area contributed by atoms with E-state index in [2.05, 4.69) is 15.9 Å². The lowest BCUT2D eigenvalue weighted by molar-refractivity contribution is 0.0521. The summed E-state index contributed by atoms with van der Waals surface area (Å²) in [6.45, 7) is 3.43. The largest absolute Gasteiger partial charge is 0.491 e. The van der Waals surface area contributed by atoms with Crippen LogP contribution in [-0.2, 0) is 4.74 Å². The van der Waals surface area contributed by atoms with E-state index in [0.717, 1.165) is 21.8 Å². The second-order valence-electron chi connectivity index (χ2n) is 5.21. The van der Waals surface area contributed by atoms with Gasteiger partial charge in [0.1, 0.15) is 17.9 Å². The topological polar surface area (TPSA) is 38.8 Å². The number of ether oxygens (including phenoxy) is 2. The van der Waals surface area contributed by atoms with Crippen molar-refractivity contribution >= 4 is 32.7 Å². The third-order valence-electron chi connectivity index (χ3n) is 3.19. The van der Waals surface area contributed by atoms with E-state index >= 15 is 0 Å². The number of halogens is 1. The number of benzene rings is 2.